The van der Waals surface area contributed by atoms with Crippen LogP contribution in [0, 0.1) is 16.7 Å². The first-order valence-electron chi connectivity index (χ1n) is 6.95. The smallest absolute Gasteiger partial charge is 0.311 e. The third-order valence-corrected chi connectivity index (χ3v) is 4.02. The van der Waals surface area contributed by atoms with E-state index in [4.69, 9.17) is 4.74 Å². The molecule has 2 heterocycles. The molecule has 1 aromatic rings. The van der Waals surface area contributed by atoms with E-state index in [2.05, 4.69) is 11.1 Å². The van der Waals surface area contributed by atoms with Crippen LogP contribution in [0.1, 0.15) is 24.8 Å². The number of aliphatic carboxylic acids is 1. The lowest BCUT2D eigenvalue weighted by Crippen LogP contribution is -2.49. The number of nitriles is 1. The van der Waals surface area contributed by atoms with Gasteiger partial charge in [-0.15, -0.1) is 0 Å². The summed E-state index contributed by atoms with van der Waals surface area (Å²) in [5.41, 5.74) is -0.358. The summed E-state index contributed by atoms with van der Waals surface area (Å²) in [6.45, 7) is 1.48. The Kier molecular flexibility index (Phi) is 4.76. The summed E-state index contributed by atoms with van der Waals surface area (Å²) in [4.78, 5) is 17.9. The third kappa shape index (κ3) is 3.14. The van der Waals surface area contributed by atoms with Crippen LogP contribution in [0.2, 0.25) is 0 Å². The molecule has 0 radical (unpaired) electrons. The number of anilines is 1. The number of methoxy groups -OCH3 is 1. The van der Waals surface area contributed by atoms with Gasteiger partial charge in [0.05, 0.1) is 11.0 Å². The van der Waals surface area contributed by atoms with Gasteiger partial charge in [-0.2, -0.15) is 5.26 Å². The molecule has 0 spiro atoms. The minimum Gasteiger partial charge on any atom is -0.481 e. The fourth-order valence-electron chi connectivity index (χ4n) is 2.83. The molecule has 1 N–H and O–H groups in total. The first kappa shape index (κ1) is 15.3. The summed E-state index contributed by atoms with van der Waals surface area (Å²) in [6.07, 6.45) is 3.47. The summed E-state index contributed by atoms with van der Waals surface area (Å²) in [7, 11) is 1.57. The zero-order valence-electron chi connectivity index (χ0n) is 12.1. The number of carbonyl (C=O) groups is 1. The average molecular weight is 289 g/mol. The van der Waals surface area contributed by atoms with E-state index in [0.717, 1.165) is 6.42 Å². The van der Waals surface area contributed by atoms with Gasteiger partial charge in [0.2, 0.25) is 0 Å². The summed E-state index contributed by atoms with van der Waals surface area (Å²) in [5.74, 6) is -0.235. The molecule has 1 atom stereocenters. The van der Waals surface area contributed by atoms with Gasteiger partial charge in [-0.3, -0.25) is 4.79 Å². The number of pyridine rings is 1. The molecule has 21 heavy (non-hydrogen) atoms. The van der Waals surface area contributed by atoms with Crippen molar-refractivity contribution in [1.29, 1.82) is 5.26 Å². The quantitative estimate of drug-likeness (QED) is 0.887. The molecule has 0 bridgehead atoms. The number of hydrogen-bond acceptors (Lipinski definition) is 5. The van der Waals surface area contributed by atoms with Crippen molar-refractivity contribution in [3.63, 3.8) is 0 Å². The fourth-order valence-corrected chi connectivity index (χ4v) is 2.83. The molecule has 0 aliphatic carbocycles. The van der Waals surface area contributed by atoms with E-state index in [9.17, 15) is 15.2 Å². The monoisotopic (exact) mass is 289 g/mol. The Morgan fingerprint density at radius 2 is 2.48 bits per heavy atom. The van der Waals surface area contributed by atoms with Crippen molar-refractivity contribution in [3.8, 4) is 6.07 Å². The maximum atomic E-state index is 11.7. The van der Waals surface area contributed by atoms with Crippen molar-refractivity contribution in [1.82, 2.24) is 4.98 Å². The highest BCUT2D eigenvalue weighted by Crippen LogP contribution is 2.36. The van der Waals surface area contributed by atoms with Crippen LogP contribution in [0.25, 0.3) is 0 Å². The normalized spacial score (nSPS) is 21.8. The van der Waals surface area contributed by atoms with Crippen LogP contribution in [-0.2, 0) is 9.53 Å². The zero-order valence-corrected chi connectivity index (χ0v) is 12.1. The molecule has 6 heteroatoms. The van der Waals surface area contributed by atoms with Gasteiger partial charge in [0.25, 0.3) is 0 Å². The van der Waals surface area contributed by atoms with Gasteiger partial charge < -0.3 is 14.7 Å². The molecule has 0 unspecified atom stereocenters. The summed E-state index contributed by atoms with van der Waals surface area (Å²) >= 11 is 0. The van der Waals surface area contributed by atoms with Crippen LogP contribution in [0.15, 0.2) is 18.3 Å². The number of nitrogens with zero attached hydrogens (tertiary/aromatic N) is 3. The van der Waals surface area contributed by atoms with Crippen molar-refractivity contribution >= 4 is 11.8 Å². The van der Waals surface area contributed by atoms with E-state index in [1.54, 1.807) is 25.4 Å². The highest BCUT2D eigenvalue weighted by Gasteiger charge is 2.42. The van der Waals surface area contributed by atoms with Gasteiger partial charge in [-0.25, -0.2) is 4.98 Å². The van der Waals surface area contributed by atoms with Gasteiger partial charge in [0.1, 0.15) is 11.9 Å². The number of carboxylic acids is 1. The highest BCUT2D eigenvalue weighted by atomic mass is 16.5. The molecule has 0 saturated carbocycles. The number of aromatic nitrogens is 1. The van der Waals surface area contributed by atoms with Gasteiger partial charge in [-0.05, 0) is 31.4 Å². The Balaban J connectivity index is 2.27. The van der Waals surface area contributed by atoms with Crippen LogP contribution >= 0.6 is 0 Å². The Morgan fingerprint density at radius 3 is 3.14 bits per heavy atom. The zero-order chi connectivity index (χ0) is 15.3. The van der Waals surface area contributed by atoms with Crippen LogP contribution in [0.3, 0.4) is 0 Å². The minimum atomic E-state index is -0.835. The Bertz CT molecular complexity index is 555. The Labute approximate surface area is 124 Å². The topological polar surface area (TPSA) is 86.5 Å². The van der Waals surface area contributed by atoms with E-state index < -0.39 is 11.4 Å². The lowest BCUT2D eigenvalue weighted by atomic mass is 9.77. The average Bonchev–Trinajstić information content (AvgIpc) is 2.53. The summed E-state index contributed by atoms with van der Waals surface area (Å²) < 4.78 is 5.06. The Hall–Kier alpha value is -2.13. The largest absolute Gasteiger partial charge is 0.481 e. The third-order valence-electron chi connectivity index (χ3n) is 4.02. The fraction of sp³-hybridized carbons (Fsp3) is 0.533. The van der Waals surface area contributed by atoms with Gasteiger partial charge >= 0.3 is 5.97 Å². The van der Waals surface area contributed by atoms with Crippen molar-refractivity contribution in [2.24, 2.45) is 5.41 Å². The molecule has 1 aromatic heterocycles. The predicted molar refractivity (Wildman–Crippen MR) is 77.0 cm³/mol. The number of rotatable bonds is 5. The molecule has 2 rings (SSSR count). The Morgan fingerprint density at radius 1 is 1.67 bits per heavy atom. The highest BCUT2D eigenvalue weighted by molar-refractivity contribution is 5.76. The minimum absolute atomic E-state index is 0.359. The van der Waals surface area contributed by atoms with Gasteiger partial charge in [-0.1, -0.05) is 0 Å². The standard InChI is InChI=1S/C15H19N3O3/c1-21-9-6-15(14(19)20)5-3-8-18(11-15)13-12(10-16)4-2-7-17-13/h2,4,7H,3,5-6,8-9,11H2,1H3,(H,19,20)/t15-/m1/s1. The molecule has 112 valence electrons. The van der Waals surface area contributed by atoms with Crippen molar-refractivity contribution in [2.75, 3.05) is 31.7 Å². The summed E-state index contributed by atoms with van der Waals surface area (Å²) in [6, 6.07) is 5.53. The molecule has 0 amide bonds. The van der Waals surface area contributed by atoms with Gasteiger partial charge in [0, 0.05) is 33.0 Å². The first-order chi connectivity index (χ1) is 10.1. The second-order valence-corrected chi connectivity index (χ2v) is 5.34. The molecule has 1 aliphatic rings. The maximum absolute atomic E-state index is 11.7. The molecular formula is C15H19N3O3. The van der Waals surface area contributed by atoms with Crippen LogP contribution < -0.4 is 4.90 Å². The number of ether oxygens (including phenoxy) is 1. The molecule has 0 aromatic carbocycles. The van der Waals surface area contributed by atoms with Crippen molar-refractivity contribution < 1.29 is 14.6 Å². The summed E-state index contributed by atoms with van der Waals surface area (Å²) in [5, 5.41) is 18.8. The second kappa shape index (κ2) is 6.55. The molecule has 1 aliphatic heterocycles. The van der Waals surface area contributed by atoms with Crippen LogP contribution in [0.5, 0.6) is 0 Å². The van der Waals surface area contributed by atoms with E-state index in [-0.39, 0.29) is 0 Å². The molecular weight excluding hydrogens is 270 g/mol. The predicted octanol–water partition coefficient (Wildman–Crippen LogP) is 1.66. The van der Waals surface area contributed by atoms with E-state index in [1.807, 2.05) is 4.90 Å². The maximum Gasteiger partial charge on any atom is 0.311 e. The van der Waals surface area contributed by atoms with E-state index >= 15 is 0 Å². The number of piperidine rings is 1. The van der Waals surface area contributed by atoms with Gasteiger partial charge in [0.15, 0.2) is 0 Å². The number of hydrogen-bond donors (Lipinski definition) is 1. The van der Waals surface area contributed by atoms with Crippen LogP contribution in [0.4, 0.5) is 5.82 Å². The second-order valence-electron chi connectivity index (χ2n) is 5.34. The SMILES string of the molecule is COCC[C@]1(C(=O)O)CCCN(c2ncccc2C#N)C1. The van der Waals surface area contributed by atoms with E-state index in [1.165, 1.54) is 0 Å². The first-order valence-corrected chi connectivity index (χ1v) is 6.95. The molecule has 1 saturated heterocycles. The van der Waals surface area contributed by atoms with Crippen molar-refractivity contribution in [3.05, 3.63) is 23.9 Å². The number of carboxylic acid groups (broad SMARTS) is 1. The molecule has 6 nitrogen and oxygen atoms in total. The molecule has 1 fully saturated rings. The van der Waals surface area contributed by atoms with E-state index in [0.29, 0.717) is 43.9 Å². The van der Waals surface area contributed by atoms with Crippen molar-refractivity contribution in [2.45, 2.75) is 19.3 Å². The van der Waals surface area contributed by atoms with Crippen LogP contribution in [-0.4, -0.2) is 42.9 Å². The lowest BCUT2D eigenvalue weighted by molar-refractivity contribution is -0.150. The lowest BCUT2D eigenvalue weighted by Gasteiger charge is -2.40.